The van der Waals surface area contributed by atoms with Gasteiger partial charge in [-0.25, -0.2) is 0 Å². The van der Waals surface area contributed by atoms with Crippen molar-refractivity contribution in [1.29, 1.82) is 0 Å². The van der Waals surface area contributed by atoms with Crippen LogP contribution in [0.1, 0.15) is 68.4 Å². The Labute approximate surface area is 215 Å². The van der Waals surface area contributed by atoms with Crippen LogP contribution in [0.4, 0.5) is 0 Å². The van der Waals surface area contributed by atoms with Crippen molar-refractivity contribution in [3.8, 4) is 0 Å². The van der Waals surface area contributed by atoms with E-state index in [4.69, 9.17) is 4.99 Å². The van der Waals surface area contributed by atoms with Crippen molar-refractivity contribution < 1.29 is 9.07 Å². The van der Waals surface area contributed by atoms with E-state index in [0.717, 1.165) is 50.2 Å². The van der Waals surface area contributed by atoms with Gasteiger partial charge in [-0.1, -0.05) is 56.3 Å². The molecule has 1 aliphatic heterocycles. The fourth-order valence-corrected chi connectivity index (χ4v) is 4.60. The number of amidine groups is 1. The molecular weight excluding hydrogens is 434 g/mol. The predicted octanol–water partition coefficient (Wildman–Crippen LogP) is 5.20. The van der Waals surface area contributed by atoms with Crippen molar-refractivity contribution in [2.75, 3.05) is 26.2 Å². The number of carbonyl (C=O) groups is 1. The summed E-state index contributed by atoms with van der Waals surface area (Å²) in [6.45, 7) is 9.05. The minimum Gasteiger partial charge on any atom is -0.310 e. The van der Waals surface area contributed by atoms with Crippen LogP contribution in [0.5, 0.6) is 0 Å². The van der Waals surface area contributed by atoms with Crippen LogP contribution in [0.15, 0.2) is 59.4 Å². The van der Waals surface area contributed by atoms with Gasteiger partial charge in [0, 0.05) is 41.4 Å². The third-order valence-electron chi connectivity index (χ3n) is 6.80. The van der Waals surface area contributed by atoms with Gasteiger partial charge in [0.2, 0.25) is 5.91 Å². The summed E-state index contributed by atoms with van der Waals surface area (Å²) in [6, 6.07) is 12.4. The van der Waals surface area contributed by atoms with E-state index in [2.05, 4.69) is 41.6 Å². The van der Waals surface area contributed by atoms with Crippen molar-refractivity contribution in [3.63, 3.8) is 0 Å². The summed E-state index contributed by atoms with van der Waals surface area (Å²) in [5.41, 5.74) is 4.36. The van der Waals surface area contributed by atoms with Gasteiger partial charge < -0.3 is 10.6 Å². The van der Waals surface area contributed by atoms with Crippen LogP contribution >= 0.6 is 0 Å². The second kappa shape index (κ2) is 12.2. The molecule has 35 heavy (non-hydrogen) atoms. The van der Waals surface area contributed by atoms with Crippen molar-refractivity contribution in [2.45, 2.75) is 65.5 Å². The molecule has 2 unspecified atom stereocenters. The number of aryl methyl sites for hydroxylation is 1. The average molecular weight is 482 g/mol. The van der Waals surface area contributed by atoms with Crippen molar-refractivity contribution in [2.24, 2.45) is 4.99 Å². The molecule has 0 fully saturated rings. The number of amides is 1. The molecule has 2 N–H and O–H groups in total. The van der Waals surface area contributed by atoms with E-state index in [1.807, 2.05) is 54.5 Å². The maximum absolute atomic E-state index is 13.6. The number of nitrogens with zero attached hydrogens (tertiary/aromatic N) is 3. The van der Waals surface area contributed by atoms with Crippen LogP contribution in [0.3, 0.4) is 0 Å². The van der Waals surface area contributed by atoms with E-state index in [0.29, 0.717) is 13.1 Å². The first kappa shape index (κ1) is 26.8. The molecule has 2 aromatic rings. The maximum Gasteiger partial charge on any atom is 0.250 e. The molecule has 0 bridgehead atoms. The largest absolute Gasteiger partial charge is 0.310 e. The fourth-order valence-electron chi connectivity index (χ4n) is 4.60. The molecule has 2 aliphatic rings. The number of benzene rings is 1. The number of hydrogen-bond donors (Lipinski definition) is 2. The molecule has 6 nitrogen and oxygen atoms in total. The molecule has 1 aromatic carbocycles. The van der Waals surface area contributed by atoms with Crippen LogP contribution < -0.4 is 10.6 Å². The number of rotatable bonds is 10. The van der Waals surface area contributed by atoms with Crippen LogP contribution in [0.25, 0.3) is 6.08 Å². The van der Waals surface area contributed by atoms with E-state index in [1.54, 1.807) is 0 Å². The monoisotopic (exact) mass is 481 g/mol. The number of aromatic nitrogens is 1. The first-order valence-corrected chi connectivity index (χ1v) is 12.5. The number of hydrogen-bond acceptors (Lipinski definition) is 5. The van der Waals surface area contributed by atoms with Gasteiger partial charge in [0.1, 0.15) is 11.4 Å². The topological polar surface area (TPSA) is 69.6 Å². The molecule has 4 rings (SSSR count). The Hall–Kier alpha value is -2.83. The first-order valence-electron chi connectivity index (χ1n) is 12.5. The number of nitrogens with one attached hydrogen (secondary N) is 2. The minimum absolute atomic E-state index is 0. The second-order valence-electron chi connectivity index (χ2n) is 9.67. The molecule has 194 valence electrons. The molecule has 1 amide bonds. The lowest BCUT2D eigenvalue weighted by molar-refractivity contribution is -0.134. The number of aliphatic imine (C=N–C) groups is 1. The zero-order chi connectivity index (χ0) is 24.0. The highest BCUT2D eigenvalue weighted by Gasteiger charge is 2.41. The summed E-state index contributed by atoms with van der Waals surface area (Å²) in [7, 11) is 0. The minimum atomic E-state index is -0.653. The lowest BCUT2D eigenvalue weighted by Gasteiger charge is -2.39. The molecule has 1 aliphatic carbocycles. The SMILES string of the molecule is C.CCCNC1(C)CN=C(c2ccccc2)N(CCC(C)NCC2=Cc3cnccc3CC2)C1=O.[HH].[HH].[HH]. The van der Waals surface area contributed by atoms with E-state index in [9.17, 15) is 4.79 Å². The lowest BCUT2D eigenvalue weighted by Crippen LogP contribution is -2.62. The lowest BCUT2D eigenvalue weighted by atomic mass is 9.93. The Balaban J connectivity index is 0.00000342. The highest BCUT2D eigenvalue weighted by Crippen LogP contribution is 2.23. The normalized spacial score (nSPS) is 20.4. The Morgan fingerprint density at radius 3 is 2.77 bits per heavy atom. The van der Waals surface area contributed by atoms with Crippen LogP contribution in [0.2, 0.25) is 0 Å². The molecule has 0 saturated carbocycles. The van der Waals surface area contributed by atoms with Crippen LogP contribution in [-0.4, -0.2) is 59.4 Å². The van der Waals surface area contributed by atoms with Gasteiger partial charge in [-0.3, -0.25) is 19.7 Å². The van der Waals surface area contributed by atoms with Crippen molar-refractivity contribution in [1.82, 2.24) is 20.5 Å². The highest BCUT2D eigenvalue weighted by atomic mass is 16.2. The quantitative estimate of drug-likeness (QED) is 0.489. The molecule has 6 heteroatoms. The molecule has 0 radical (unpaired) electrons. The van der Waals surface area contributed by atoms with Gasteiger partial charge >= 0.3 is 0 Å². The summed E-state index contributed by atoms with van der Waals surface area (Å²) >= 11 is 0. The Kier molecular flexibility index (Phi) is 9.35. The molecule has 0 spiro atoms. The van der Waals surface area contributed by atoms with E-state index in [-0.39, 0.29) is 23.7 Å². The Bertz CT molecular complexity index is 1060. The summed E-state index contributed by atoms with van der Waals surface area (Å²) in [4.78, 5) is 24.6. The average Bonchev–Trinajstić information content (AvgIpc) is 2.87. The molecule has 2 heterocycles. The first-order chi connectivity index (χ1) is 16.5. The van der Waals surface area contributed by atoms with E-state index in [1.165, 1.54) is 16.7 Å². The van der Waals surface area contributed by atoms with Gasteiger partial charge in [0.15, 0.2) is 0 Å². The zero-order valence-electron chi connectivity index (χ0n) is 20.7. The number of carbonyl (C=O) groups excluding carboxylic acids is 1. The predicted molar refractivity (Wildman–Crippen MR) is 152 cm³/mol. The fraction of sp³-hybridized carbons (Fsp3) is 0.483. The summed E-state index contributed by atoms with van der Waals surface area (Å²) in [5, 5.41) is 7.10. The third kappa shape index (κ3) is 6.44. The molecule has 2 atom stereocenters. The van der Waals surface area contributed by atoms with Gasteiger partial charge in [0.25, 0.3) is 0 Å². The second-order valence-corrected chi connectivity index (χ2v) is 9.67. The van der Waals surface area contributed by atoms with E-state index < -0.39 is 5.54 Å². The van der Waals surface area contributed by atoms with Gasteiger partial charge in [-0.2, -0.15) is 0 Å². The maximum atomic E-state index is 13.6. The molecule has 0 saturated heterocycles. The van der Waals surface area contributed by atoms with Gasteiger partial charge in [-0.15, -0.1) is 0 Å². The third-order valence-corrected chi connectivity index (χ3v) is 6.80. The van der Waals surface area contributed by atoms with E-state index >= 15 is 0 Å². The van der Waals surface area contributed by atoms with Crippen LogP contribution in [-0.2, 0) is 11.2 Å². The number of fused-ring (bicyclic) bond motifs is 1. The van der Waals surface area contributed by atoms with Crippen molar-refractivity contribution in [3.05, 3.63) is 71.1 Å². The molecule has 1 aromatic heterocycles. The van der Waals surface area contributed by atoms with Crippen LogP contribution in [0, 0.1) is 0 Å². The summed E-state index contributed by atoms with van der Waals surface area (Å²) < 4.78 is 0. The smallest absolute Gasteiger partial charge is 0.250 e. The zero-order valence-corrected chi connectivity index (χ0v) is 20.7. The number of pyridine rings is 1. The standard InChI is InChI=1S/C28H37N5O.CH4.3H2/c1-4-14-32-28(3)20-31-26(24-8-6-5-7-9-24)33(27(28)34)16-13-21(2)30-18-22-10-11-23-12-15-29-19-25(23)17-22;;;;/h5-9,12,15,17,19,21,30,32H,4,10-11,13-14,16,18,20H2,1-3H3;1H4;3*1H. The van der Waals surface area contributed by atoms with Crippen molar-refractivity contribution >= 4 is 17.8 Å². The summed E-state index contributed by atoms with van der Waals surface area (Å²) in [5.74, 6) is 0.897. The summed E-state index contributed by atoms with van der Waals surface area (Å²) in [6.07, 6.45) is 10.1. The Morgan fingerprint density at radius 2 is 2.00 bits per heavy atom. The highest BCUT2D eigenvalue weighted by molar-refractivity contribution is 6.11. The van der Waals surface area contributed by atoms with Gasteiger partial charge in [0.05, 0.1) is 6.54 Å². The molecular formula is C29H47N5O. The Morgan fingerprint density at radius 1 is 1.20 bits per heavy atom. The van der Waals surface area contributed by atoms with Gasteiger partial charge in [-0.05, 0) is 63.3 Å².